The predicted molar refractivity (Wildman–Crippen MR) is 131 cm³/mol. The van der Waals surface area contributed by atoms with Gasteiger partial charge < -0.3 is 15.4 Å². The number of carbonyl (C=O) groups excluding carboxylic acids is 3. The molecule has 2 aromatic rings. The lowest BCUT2D eigenvalue weighted by molar-refractivity contribution is -0.130. The minimum atomic E-state index is -0.886. The highest BCUT2D eigenvalue weighted by molar-refractivity contribution is 6.31. The van der Waals surface area contributed by atoms with E-state index in [-0.39, 0.29) is 37.0 Å². The molecular weight excluding hydrogens is 466 g/mol. The van der Waals surface area contributed by atoms with Crippen LogP contribution in [-0.4, -0.2) is 31.3 Å². The number of Topliss-reactive ketones (excluding diaryl/α,β-unsaturated/α-hetero) is 1. The van der Waals surface area contributed by atoms with E-state index in [1.807, 2.05) is 12.1 Å². The quantitative estimate of drug-likeness (QED) is 0.581. The zero-order valence-corrected chi connectivity index (χ0v) is 20.4. The standard InChI is InChI=1S/C27H28ClN3O4/c1-35-20-7-5-18(6-8-20)25(31-26(34)19-14-24(33)30-15-19)23(32)13-17-4-9-21(22(28)12-17)27(16-29)10-2-3-11-27/h4-9,12,19,25H,2-3,10-11,13-15H2,1H3,(H,30,33)(H,31,34). The first kappa shape index (κ1) is 24.7. The van der Waals surface area contributed by atoms with Gasteiger partial charge in [-0.3, -0.25) is 14.4 Å². The van der Waals surface area contributed by atoms with E-state index in [4.69, 9.17) is 16.3 Å². The highest BCUT2D eigenvalue weighted by Crippen LogP contribution is 2.43. The van der Waals surface area contributed by atoms with Gasteiger partial charge in [0.2, 0.25) is 11.8 Å². The molecule has 7 nitrogen and oxygen atoms in total. The molecule has 182 valence electrons. The number of rotatable bonds is 8. The summed E-state index contributed by atoms with van der Waals surface area (Å²) < 4.78 is 5.21. The summed E-state index contributed by atoms with van der Waals surface area (Å²) in [5.41, 5.74) is 1.58. The number of benzene rings is 2. The fourth-order valence-electron chi connectivity index (χ4n) is 4.98. The molecule has 0 radical (unpaired) electrons. The molecule has 35 heavy (non-hydrogen) atoms. The van der Waals surface area contributed by atoms with Gasteiger partial charge in [0.25, 0.3) is 0 Å². The van der Waals surface area contributed by atoms with Gasteiger partial charge in [-0.1, -0.05) is 48.7 Å². The molecule has 2 atom stereocenters. The van der Waals surface area contributed by atoms with Crippen LogP contribution in [0.2, 0.25) is 5.02 Å². The molecule has 1 saturated heterocycles. The Morgan fingerprint density at radius 3 is 2.51 bits per heavy atom. The fraction of sp³-hybridized carbons (Fsp3) is 0.407. The number of amides is 2. The third kappa shape index (κ3) is 5.33. The van der Waals surface area contributed by atoms with Crippen LogP contribution >= 0.6 is 11.6 Å². The first-order valence-corrected chi connectivity index (χ1v) is 12.2. The van der Waals surface area contributed by atoms with Gasteiger partial charge in [-0.15, -0.1) is 0 Å². The van der Waals surface area contributed by atoms with E-state index in [9.17, 15) is 19.6 Å². The van der Waals surface area contributed by atoms with Crippen molar-refractivity contribution in [2.24, 2.45) is 5.92 Å². The second-order valence-corrected chi connectivity index (χ2v) is 9.69. The smallest absolute Gasteiger partial charge is 0.226 e. The normalized spacial score (nSPS) is 19.5. The Morgan fingerprint density at radius 1 is 1.23 bits per heavy atom. The van der Waals surface area contributed by atoms with Crippen LogP contribution in [0.1, 0.15) is 54.8 Å². The Bertz CT molecular complexity index is 1170. The Kier molecular flexibility index (Phi) is 7.42. The number of hydrogen-bond donors (Lipinski definition) is 2. The van der Waals surface area contributed by atoms with Gasteiger partial charge in [-0.25, -0.2) is 0 Å². The number of nitriles is 1. The van der Waals surface area contributed by atoms with Crippen molar-refractivity contribution in [2.75, 3.05) is 13.7 Å². The third-order valence-corrected chi connectivity index (χ3v) is 7.32. The van der Waals surface area contributed by atoms with Gasteiger partial charge in [0, 0.05) is 24.4 Å². The number of carbonyl (C=O) groups is 3. The van der Waals surface area contributed by atoms with E-state index in [0.717, 1.165) is 31.2 Å². The summed E-state index contributed by atoms with van der Waals surface area (Å²) in [6, 6.07) is 14.0. The number of ether oxygens (including phenoxy) is 1. The molecule has 2 aromatic carbocycles. The number of hydrogen-bond acceptors (Lipinski definition) is 5. The minimum absolute atomic E-state index is 0.0539. The summed E-state index contributed by atoms with van der Waals surface area (Å²) in [4.78, 5) is 37.8. The molecule has 8 heteroatoms. The Labute approximate surface area is 209 Å². The van der Waals surface area contributed by atoms with E-state index in [0.29, 0.717) is 21.9 Å². The zero-order valence-electron chi connectivity index (χ0n) is 19.6. The van der Waals surface area contributed by atoms with Crippen LogP contribution in [0.3, 0.4) is 0 Å². The minimum Gasteiger partial charge on any atom is -0.497 e. The van der Waals surface area contributed by atoms with Crippen molar-refractivity contribution in [1.82, 2.24) is 10.6 Å². The molecule has 2 unspecified atom stereocenters. The highest BCUT2D eigenvalue weighted by Gasteiger charge is 2.37. The van der Waals surface area contributed by atoms with Crippen LogP contribution in [0.25, 0.3) is 0 Å². The van der Waals surface area contributed by atoms with Gasteiger partial charge in [0.1, 0.15) is 11.8 Å². The van der Waals surface area contributed by atoms with Crippen molar-refractivity contribution in [2.45, 2.75) is 50.0 Å². The van der Waals surface area contributed by atoms with Gasteiger partial charge >= 0.3 is 0 Å². The zero-order chi connectivity index (χ0) is 25.0. The van der Waals surface area contributed by atoms with Crippen molar-refractivity contribution in [3.8, 4) is 11.8 Å². The lowest BCUT2D eigenvalue weighted by atomic mass is 9.80. The van der Waals surface area contributed by atoms with E-state index in [1.165, 1.54) is 0 Å². The van der Waals surface area contributed by atoms with Crippen molar-refractivity contribution < 1.29 is 19.1 Å². The maximum Gasteiger partial charge on any atom is 0.226 e. The van der Waals surface area contributed by atoms with Crippen LogP contribution in [0, 0.1) is 17.2 Å². The summed E-state index contributed by atoms with van der Waals surface area (Å²) in [7, 11) is 1.55. The Balaban J connectivity index is 1.55. The van der Waals surface area contributed by atoms with E-state index >= 15 is 0 Å². The Hall–Kier alpha value is -3.37. The lowest BCUT2D eigenvalue weighted by Crippen LogP contribution is -2.39. The molecule has 2 fully saturated rings. The molecule has 0 aromatic heterocycles. The fourth-order valence-corrected chi connectivity index (χ4v) is 5.36. The van der Waals surface area contributed by atoms with E-state index < -0.39 is 17.4 Å². The van der Waals surface area contributed by atoms with Crippen molar-refractivity contribution >= 4 is 29.2 Å². The largest absolute Gasteiger partial charge is 0.497 e. The molecule has 2 amide bonds. The molecule has 1 aliphatic carbocycles. The summed E-state index contributed by atoms with van der Waals surface area (Å²) in [6.07, 6.45) is 3.72. The number of halogens is 1. The number of nitrogens with one attached hydrogen (secondary N) is 2. The summed E-state index contributed by atoms with van der Waals surface area (Å²) in [5.74, 6) is -0.607. The maximum absolute atomic E-state index is 13.4. The summed E-state index contributed by atoms with van der Waals surface area (Å²) in [6.45, 7) is 0.256. The van der Waals surface area contributed by atoms with Crippen LogP contribution < -0.4 is 15.4 Å². The summed E-state index contributed by atoms with van der Waals surface area (Å²) in [5, 5.41) is 15.8. The molecule has 2 aliphatic rings. The second kappa shape index (κ2) is 10.5. The second-order valence-electron chi connectivity index (χ2n) is 9.28. The van der Waals surface area contributed by atoms with Crippen LogP contribution in [0.4, 0.5) is 0 Å². The van der Waals surface area contributed by atoms with Gasteiger partial charge in [0.05, 0.1) is 24.5 Å². The van der Waals surface area contributed by atoms with E-state index in [1.54, 1.807) is 37.4 Å². The number of ketones is 1. The average molecular weight is 494 g/mol. The SMILES string of the molecule is COc1ccc(C(NC(=O)C2CNC(=O)C2)C(=O)Cc2ccc(C3(C#N)CCCC3)c(Cl)c2)cc1. The van der Waals surface area contributed by atoms with Crippen LogP contribution in [0.5, 0.6) is 5.75 Å². The molecule has 0 spiro atoms. The molecule has 1 aliphatic heterocycles. The van der Waals surface area contributed by atoms with E-state index in [2.05, 4.69) is 16.7 Å². The van der Waals surface area contributed by atoms with Crippen molar-refractivity contribution in [3.05, 3.63) is 64.2 Å². The molecular formula is C27H28ClN3O4. The highest BCUT2D eigenvalue weighted by atomic mass is 35.5. The number of nitrogens with zero attached hydrogens (tertiary/aromatic N) is 1. The van der Waals surface area contributed by atoms with Crippen LogP contribution in [-0.2, 0) is 26.2 Å². The molecule has 2 N–H and O–H groups in total. The molecule has 0 bridgehead atoms. The summed E-state index contributed by atoms with van der Waals surface area (Å²) >= 11 is 6.59. The van der Waals surface area contributed by atoms with Gasteiger partial charge in [0.15, 0.2) is 5.78 Å². The monoisotopic (exact) mass is 493 g/mol. The molecule has 4 rings (SSSR count). The predicted octanol–water partition coefficient (Wildman–Crippen LogP) is 3.79. The average Bonchev–Trinajstić information content (AvgIpc) is 3.52. The van der Waals surface area contributed by atoms with Crippen LogP contribution in [0.15, 0.2) is 42.5 Å². The Morgan fingerprint density at radius 2 is 1.94 bits per heavy atom. The maximum atomic E-state index is 13.4. The van der Waals surface area contributed by atoms with Gasteiger partial charge in [-0.2, -0.15) is 5.26 Å². The first-order chi connectivity index (χ1) is 16.8. The number of methoxy groups -OCH3 is 1. The van der Waals surface area contributed by atoms with Crippen molar-refractivity contribution in [3.63, 3.8) is 0 Å². The van der Waals surface area contributed by atoms with Crippen molar-refractivity contribution in [1.29, 1.82) is 5.26 Å². The lowest BCUT2D eigenvalue weighted by Gasteiger charge is -2.23. The van der Waals surface area contributed by atoms with Gasteiger partial charge in [-0.05, 0) is 47.7 Å². The molecule has 1 heterocycles. The topological polar surface area (TPSA) is 108 Å². The first-order valence-electron chi connectivity index (χ1n) is 11.8. The third-order valence-electron chi connectivity index (χ3n) is 7.00. The molecule has 1 saturated carbocycles.